The van der Waals surface area contributed by atoms with E-state index in [0.29, 0.717) is 11.4 Å². The Balaban J connectivity index is 2.05. The lowest BCUT2D eigenvalue weighted by molar-refractivity contribution is -0.139. The molecule has 0 aromatic heterocycles. The number of hydrogen-bond donors (Lipinski definition) is 1. The molecule has 0 spiro atoms. The highest BCUT2D eigenvalue weighted by Gasteiger charge is 2.33. The summed E-state index contributed by atoms with van der Waals surface area (Å²) in [7, 11) is -1.36. The second-order valence-corrected chi connectivity index (χ2v) is 11.5. The molecule has 1 atom stereocenters. The van der Waals surface area contributed by atoms with Crippen LogP contribution < -0.4 is 19.1 Å². The third-order valence-electron chi connectivity index (χ3n) is 6.47. The van der Waals surface area contributed by atoms with E-state index >= 15 is 0 Å². The zero-order valence-electron chi connectivity index (χ0n) is 23.7. The van der Waals surface area contributed by atoms with Gasteiger partial charge in [0.2, 0.25) is 11.8 Å². The highest BCUT2D eigenvalue weighted by Crippen LogP contribution is 2.32. The first-order chi connectivity index (χ1) is 19.0. The molecule has 0 saturated carbocycles. The van der Waals surface area contributed by atoms with Crippen LogP contribution in [0.4, 0.5) is 5.69 Å². The van der Waals surface area contributed by atoms with E-state index in [1.54, 1.807) is 37.3 Å². The monoisotopic (exact) mass is 567 g/mol. The number of hydrogen-bond acceptors (Lipinski definition) is 6. The van der Waals surface area contributed by atoms with Gasteiger partial charge >= 0.3 is 0 Å². The van der Waals surface area contributed by atoms with Crippen LogP contribution in [0.15, 0.2) is 77.7 Å². The average Bonchev–Trinajstić information content (AvgIpc) is 2.94. The first-order valence-electron chi connectivity index (χ1n) is 12.9. The van der Waals surface area contributed by atoms with Gasteiger partial charge in [0.05, 0.1) is 24.8 Å². The number of ether oxygens (including phenoxy) is 2. The minimum Gasteiger partial charge on any atom is -0.493 e. The predicted octanol–water partition coefficient (Wildman–Crippen LogP) is 4.15. The maximum Gasteiger partial charge on any atom is 0.264 e. The molecule has 0 aliphatic rings. The molecule has 3 aromatic carbocycles. The molecule has 3 rings (SSSR count). The Morgan fingerprint density at radius 2 is 1.50 bits per heavy atom. The third kappa shape index (κ3) is 7.12. The lowest BCUT2D eigenvalue weighted by Crippen LogP contribution is -2.52. The Hall–Kier alpha value is -4.05. The Morgan fingerprint density at radius 1 is 0.875 bits per heavy atom. The van der Waals surface area contributed by atoms with Crippen molar-refractivity contribution in [2.45, 2.75) is 51.2 Å². The van der Waals surface area contributed by atoms with Crippen LogP contribution in [0.3, 0.4) is 0 Å². The number of sulfonamides is 1. The van der Waals surface area contributed by atoms with Crippen LogP contribution in [0.5, 0.6) is 11.5 Å². The van der Waals surface area contributed by atoms with Crippen molar-refractivity contribution in [2.75, 3.05) is 25.1 Å². The van der Waals surface area contributed by atoms with E-state index in [0.717, 1.165) is 15.4 Å². The van der Waals surface area contributed by atoms with Gasteiger partial charge in [0, 0.05) is 18.7 Å². The van der Waals surface area contributed by atoms with Crippen molar-refractivity contribution in [1.82, 2.24) is 10.2 Å². The van der Waals surface area contributed by atoms with Crippen LogP contribution in [0.1, 0.15) is 31.9 Å². The maximum atomic E-state index is 14.0. The number of amides is 2. The molecule has 0 aliphatic heterocycles. The molecule has 1 N–H and O–H groups in total. The number of carbonyl (C=O) groups excluding carboxylic acids is 2. The van der Waals surface area contributed by atoms with Gasteiger partial charge in [0.15, 0.2) is 11.5 Å². The van der Waals surface area contributed by atoms with Crippen molar-refractivity contribution in [3.63, 3.8) is 0 Å². The molecule has 0 heterocycles. The number of benzene rings is 3. The fourth-order valence-corrected chi connectivity index (χ4v) is 5.62. The summed E-state index contributed by atoms with van der Waals surface area (Å²) in [6, 6.07) is 19.2. The number of carbonyl (C=O) groups is 2. The fourth-order valence-electron chi connectivity index (χ4n) is 4.19. The van der Waals surface area contributed by atoms with Crippen molar-refractivity contribution in [3.8, 4) is 11.5 Å². The number of aryl methyl sites for hydroxylation is 1. The summed E-state index contributed by atoms with van der Waals surface area (Å²) >= 11 is 0. The van der Waals surface area contributed by atoms with Gasteiger partial charge in [0.25, 0.3) is 10.0 Å². The second kappa shape index (κ2) is 13.3. The number of nitrogens with one attached hydrogen (secondary N) is 1. The van der Waals surface area contributed by atoms with Crippen molar-refractivity contribution >= 4 is 27.5 Å². The van der Waals surface area contributed by atoms with Gasteiger partial charge in [0.1, 0.15) is 12.6 Å². The average molecular weight is 568 g/mol. The smallest absolute Gasteiger partial charge is 0.264 e. The van der Waals surface area contributed by atoms with Gasteiger partial charge in [-0.05, 0) is 63.1 Å². The summed E-state index contributed by atoms with van der Waals surface area (Å²) in [5, 5.41) is 2.85. The molecule has 9 nitrogen and oxygen atoms in total. The van der Waals surface area contributed by atoms with Crippen LogP contribution in [0, 0.1) is 6.92 Å². The highest BCUT2D eigenvalue weighted by molar-refractivity contribution is 7.92. The fraction of sp³-hybridized carbons (Fsp3) is 0.333. The van der Waals surface area contributed by atoms with Gasteiger partial charge in [-0.25, -0.2) is 8.42 Å². The van der Waals surface area contributed by atoms with E-state index in [9.17, 15) is 18.0 Å². The molecular formula is C30H37N3O6S. The predicted molar refractivity (Wildman–Crippen MR) is 155 cm³/mol. The summed E-state index contributed by atoms with van der Waals surface area (Å²) in [5.74, 6) is -0.241. The van der Waals surface area contributed by atoms with Crippen LogP contribution in [-0.4, -0.2) is 58.0 Å². The van der Waals surface area contributed by atoms with Crippen molar-refractivity contribution < 1.29 is 27.5 Å². The van der Waals surface area contributed by atoms with Crippen molar-refractivity contribution in [2.24, 2.45) is 0 Å². The molecule has 3 aromatic rings. The molecule has 0 bridgehead atoms. The van der Waals surface area contributed by atoms with Crippen LogP contribution in [0.2, 0.25) is 0 Å². The Labute approximate surface area is 236 Å². The SMILES string of the molecule is COc1ccc(S(=O)(=O)N(CC(=O)N(Cc2ccccc2C)[C@@H](C)C(=O)NC(C)C)c2ccccc2)cc1OC. The molecule has 214 valence electrons. The first-order valence-corrected chi connectivity index (χ1v) is 14.4. The topological polar surface area (TPSA) is 105 Å². The molecule has 0 saturated heterocycles. The Bertz CT molecular complexity index is 1430. The largest absolute Gasteiger partial charge is 0.493 e. The summed E-state index contributed by atoms with van der Waals surface area (Å²) in [6.07, 6.45) is 0. The summed E-state index contributed by atoms with van der Waals surface area (Å²) < 4.78 is 39.6. The van der Waals surface area contributed by atoms with E-state index in [2.05, 4.69) is 5.32 Å². The van der Waals surface area contributed by atoms with E-state index in [1.807, 2.05) is 45.0 Å². The molecule has 0 fully saturated rings. The molecular weight excluding hydrogens is 530 g/mol. The number of nitrogens with zero attached hydrogens (tertiary/aromatic N) is 2. The van der Waals surface area contributed by atoms with Gasteiger partial charge < -0.3 is 19.7 Å². The van der Waals surface area contributed by atoms with Gasteiger partial charge in [-0.3, -0.25) is 13.9 Å². The maximum absolute atomic E-state index is 14.0. The van der Waals surface area contributed by atoms with Gasteiger partial charge in [-0.1, -0.05) is 42.5 Å². The zero-order valence-corrected chi connectivity index (χ0v) is 24.6. The van der Waals surface area contributed by atoms with Crippen LogP contribution in [-0.2, 0) is 26.2 Å². The first kappa shape index (κ1) is 30.5. The van der Waals surface area contributed by atoms with E-state index in [1.165, 1.54) is 37.3 Å². The molecule has 0 unspecified atom stereocenters. The zero-order chi connectivity index (χ0) is 29.4. The Kier molecular flexibility index (Phi) is 10.2. The van der Waals surface area contributed by atoms with Crippen LogP contribution >= 0.6 is 0 Å². The standard InChI is InChI=1S/C30H37N3O6S/c1-21(2)31-30(35)23(4)32(19-24-13-11-10-12-22(24)3)29(34)20-33(25-14-8-7-9-15-25)40(36,37)26-16-17-27(38-5)28(18-26)39-6/h7-18,21,23H,19-20H2,1-6H3,(H,31,35)/t23-/m0/s1. The number of para-hydroxylation sites is 1. The quantitative estimate of drug-likeness (QED) is 0.353. The number of rotatable bonds is 12. The number of methoxy groups -OCH3 is 2. The molecule has 0 radical (unpaired) electrons. The van der Waals surface area contributed by atoms with Crippen molar-refractivity contribution in [3.05, 3.63) is 83.9 Å². The number of anilines is 1. The van der Waals surface area contributed by atoms with E-state index in [4.69, 9.17) is 9.47 Å². The van der Waals surface area contributed by atoms with Crippen LogP contribution in [0.25, 0.3) is 0 Å². The van der Waals surface area contributed by atoms with Gasteiger partial charge in [-0.15, -0.1) is 0 Å². The van der Waals surface area contributed by atoms with Crippen molar-refractivity contribution in [1.29, 1.82) is 0 Å². The summed E-state index contributed by atoms with van der Waals surface area (Å²) in [6.45, 7) is 6.86. The summed E-state index contributed by atoms with van der Waals surface area (Å²) in [4.78, 5) is 28.3. The Morgan fingerprint density at radius 3 is 2.10 bits per heavy atom. The van der Waals surface area contributed by atoms with Gasteiger partial charge in [-0.2, -0.15) is 0 Å². The molecule has 10 heteroatoms. The lowest BCUT2D eigenvalue weighted by atomic mass is 10.1. The normalized spacial score (nSPS) is 12.0. The summed E-state index contributed by atoms with van der Waals surface area (Å²) in [5.41, 5.74) is 2.12. The molecule has 40 heavy (non-hydrogen) atoms. The molecule has 2 amide bonds. The molecule has 0 aliphatic carbocycles. The van der Waals surface area contributed by atoms with E-state index in [-0.39, 0.29) is 29.1 Å². The second-order valence-electron chi connectivity index (χ2n) is 9.65. The highest BCUT2D eigenvalue weighted by atomic mass is 32.2. The lowest BCUT2D eigenvalue weighted by Gasteiger charge is -2.32. The minimum absolute atomic E-state index is 0.0714. The minimum atomic E-state index is -4.24. The third-order valence-corrected chi connectivity index (χ3v) is 8.24. The van der Waals surface area contributed by atoms with E-state index < -0.39 is 28.5 Å².